The number of nitrogens with one attached hydrogen (secondary N) is 2. The number of nitrogens with zero attached hydrogens (tertiary/aromatic N) is 2. The highest BCUT2D eigenvalue weighted by Gasteiger charge is 2.35. The summed E-state index contributed by atoms with van der Waals surface area (Å²) in [6.45, 7) is 4.64. The summed E-state index contributed by atoms with van der Waals surface area (Å²) in [6.07, 6.45) is 3.33. The van der Waals surface area contributed by atoms with Gasteiger partial charge in [0.15, 0.2) is 0 Å². The number of hydrogen-bond donors (Lipinski definition) is 2. The molecule has 1 amide bonds. The second kappa shape index (κ2) is 5.66. The predicted octanol–water partition coefficient (Wildman–Crippen LogP) is 0.706. The Morgan fingerprint density at radius 2 is 1.86 bits per heavy atom. The second-order valence-corrected chi connectivity index (χ2v) is 7.91. The Morgan fingerprint density at radius 1 is 1.23 bits per heavy atom. The molecule has 0 atom stereocenters. The first kappa shape index (κ1) is 15.5. The molecule has 2 heterocycles. The summed E-state index contributed by atoms with van der Waals surface area (Å²) in [6, 6.07) is -0.123. The molecule has 0 unspecified atom stereocenters. The van der Waals surface area contributed by atoms with Gasteiger partial charge in [0.05, 0.1) is 11.4 Å². The molecule has 2 N–H and O–H groups in total. The summed E-state index contributed by atoms with van der Waals surface area (Å²) in [7, 11) is -3.57. The standard InChI is InChI=1S/C14H22N4O3S/c1-9-13(10(2)16-15-9)22(20,21)17-12-5-7-18(8-6-12)14(19)11-3-4-11/h11-12,17H,3-8H2,1-2H3,(H,15,16). The summed E-state index contributed by atoms with van der Waals surface area (Å²) < 4.78 is 27.7. The second-order valence-electron chi connectivity index (χ2n) is 6.26. The Hall–Kier alpha value is -1.41. The van der Waals surface area contributed by atoms with Crippen LogP contribution in [0.1, 0.15) is 37.1 Å². The number of carbonyl (C=O) groups excluding carboxylic acids is 1. The van der Waals surface area contributed by atoms with Crippen molar-refractivity contribution in [1.29, 1.82) is 0 Å². The average molecular weight is 326 g/mol. The lowest BCUT2D eigenvalue weighted by Crippen LogP contribution is -2.47. The van der Waals surface area contributed by atoms with E-state index < -0.39 is 10.0 Å². The SMILES string of the molecule is Cc1n[nH]c(C)c1S(=O)(=O)NC1CCN(C(=O)C2CC2)CC1. The van der Waals surface area contributed by atoms with Crippen molar-refractivity contribution >= 4 is 15.9 Å². The van der Waals surface area contributed by atoms with E-state index in [0.717, 1.165) is 12.8 Å². The Kier molecular flexibility index (Phi) is 3.98. The van der Waals surface area contributed by atoms with Gasteiger partial charge in [-0.25, -0.2) is 13.1 Å². The zero-order valence-corrected chi connectivity index (χ0v) is 13.7. The van der Waals surface area contributed by atoms with Gasteiger partial charge in [0, 0.05) is 25.0 Å². The molecule has 22 heavy (non-hydrogen) atoms. The minimum Gasteiger partial charge on any atom is -0.342 e. The van der Waals surface area contributed by atoms with Crippen molar-refractivity contribution < 1.29 is 13.2 Å². The normalized spacial score (nSPS) is 20.4. The van der Waals surface area contributed by atoms with Crippen LogP contribution < -0.4 is 4.72 Å². The molecule has 8 heteroatoms. The van der Waals surface area contributed by atoms with Crippen LogP contribution in [0.4, 0.5) is 0 Å². The molecular formula is C14H22N4O3S. The number of aromatic amines is 1. The molecule has 0 bridgehead atoms. The van der Waals surface area contributed by atoms with Gasteiger partial charge in [-0.05, 0) is 39.5 Å². The molecule has 3 rings (SSSR count). The Labute approximate surface area is 130 Å². The molecule has 7 nitrogen and oxygen atoms in total. The van der Waals surface area contributed by atoms with Gasteiger partial charge in [-0.1, -0.05) is 0 Å². The molecule has 0 aromatic carbocycles. The van der Waals surface area contributed by atoms with Crippen LogP contribution in [0.25, 0.3) is 0 Å². The topological polar surface area (TPSA) is 95.2 Å². The quantitative estimate of drug-likeness (QED) is 0.851. The van der Waals surface area contributed by atoms with Crippen molar-refractivity contribution in [2.24, 2.45) is 5.92 Å². The maximum absolute atomic E-state index is 12.5. The minimum atomic E-state index is -3.57. The maximum atomic E-state index is 12.5. The monoisotopic (exact) mass is 326 g/mol. The lowest BCUT2D eigenvalue weighted by Gasteiger charge is -2.32. The van der Waals surface area contributed by atoms with Crippen LogP contribution in [-0.4, -0.2) is 48.6 Å². The van der Waals surface area contributed by atoms with Crippen molar-refractivity contribution in [3.63, 3.8) is 0 Å². The first-order valence-electron chi connectivity index (χ1n) is 7.71. The first-order valence-corrected chi connectivity index (χ1v) is 9.19. The van der Waals surface area contributed by atoms with Crippen LogP contribution in [0.2, 0.25) is 0 Å². The third-order valence-electron chi connectivity index (χ3n) is 4.38. The molecule has 122 valence electrons. The lowest BCUT2D eigenvalue weighted by atomic mass is 10.1. The Morgan fingerprint density at radius 3 is 2.36 bits per heavy atom. The summed E-state index contributed by atoms with van der Waals surface area (Å²) in [5.74, 6) is 0.465. The average Bonchev–Trinajstić information content (AvgIpc) is 3.24. The molecule has 0 radical (unpaired) electrons. The van der Waals surface area contributed by atoms with Gasteiger partial charge in [-0.2, -0.15) is 5.10 Å². The molecule has 0 spiro atoms. The number of amides is 1. The van der Waals surface area contributed by atoms with E-state index in [4.69, 9.17) is 0 Å². The number of carbonyl (C=O) groups is 1. The molecule has 1 saturated carbocycles. The number of aromatic nitrogens is 2. The molecule has 1 aromatic rings. The van der Waals surface area contributed by atoms with E-state index in [9.17, 15) is 13.2 Å². The van der Waals surface area contributed by atoms with E-state index in [1.54, 1.807) is 13.8 Å². The highest BCUT2D eigenvalue weighted by Crippen LogP contribution is 2.32. The summed E-state index contributed by atoms with van der Waals surface area (Å²) in [5.41, 5.74) is 1.03. The molecule has 1 saturated heterocycles. The number of aryl methyl sites for hydroxylation is 2. The van der Waals surface area contributed by atoms with Crippen molar-refractivity contribution in [1.82, 2.24) is 19.8 Å². The van der Waals surface area contributed by atoms with E-state index in [-0.39, 0.29) is 22.8 Å². The number of piperidine rings is 1. The van der Waals surface area contributed by atoms with Crippen molar-refractivity contribution in [3.8, 4) is 0 Å². The third kappa shape index (κ3) is 3.03. The van der Waals surface area contributed by atoms with E-state index >= 15 is 0 Å². The van der Waals surface area contributed by atoms with Crippen LogP contribution in [0.3, 0.4) is 0 Å². The van der Waals surface area contributed by atoms with Gasteiger partial charge in [0.25, 0.3) is 0 Å². The smallest absolute Gasteiger partial charge is 0.244 e. The van der Waals surface area contributed by atoms with Gasteiger partial charge in [-0.3, -0.25) is 9.89 Å². The molecule has 1 aromatic heterocycles. The Bertz CT molecular complexity index is 651. The minimum absolute atomic E-state index is 0.123. The van der Waals surface area contributed by atoms with Crippen LogP contribution in [0, 0.1) is 19.8 Å². The van der Waals surface area contributed by atoms with Crippen molar-refractivity contribution in [2.75, 3.05) is 13.1 Å². The molecule has 2 fully saturated rings. The number of likely N-dealkylation sites (tertiary alicyclic amines) is 1. The van der Waals surface area contributed by atoms with E-state index in [0.29, 0.717) is 37.3 Å². The van der Waals surface area contributed by atoms with Gasteiger partial charge in [0.1, 0.15) is 4.90 Å². The van der Waals surface area contributed by atoms with E-state index in [2.05, 4.69) is 14.9 Å². The fourth-order valence-electron chi connectivity index (χ4n) is 3.02. The van der Waals surface area contributed by atoms with Crippen LogP contribution in [0.5, 0.6) is 0 Å². The predicted molar refractivity (Wildman–Crippen MR) is 80.7 cm³/mol. The largest absolute Gasteiger partial charge is 0.342 e. The molecular weight excluding hydrogens is 304 g/mol. The summed E-state index contributed by atoms with van der Waals surface area (Å²) >= 11 is 0. The first-order chi connectivity index (χ1) is 10.4. The number of rotatable bonds is 4. The van der Waals surface area contributed by atoms with Gasteiger partial charge < -0.3 is 4.90 Å². The lowest BCUT2D eigenvalue weighted by molar-refractivity contribution is -0.133. The highest BCUT2D eigenvalue weighted by molar-refractivity contribution is 7.89. The number of sulfonamides is 1. The van der Waals surface area contributed by atoms with E-state index in [1.165, 1.54) is 0 Å². The zero-order chi connectivity index (χ0) is 15.9. The zero-order valence-electron chi connectivity index (χ0n) is 12.9. The van der Waals surface area contributed by atoms with Crippen molar-refractivity contribution in [2.45, 2.75) is 50.5 Å². The maximum Gasteiger partial charge on any atom is 0.244 e. The van der Waals surface area contributed by atoms with Crippen LogP contribution in [-0.2, 0) is 14.8 Å². The van der Waals surface area contributed by atoms with E-state index in [1.807, 2.05) is 4.90 Å². The number of hydrogen-bond acceptors (Lipinski definition) is 4. The van der Waals surface area contributed by atoms with Gasteiger partial charge >= 0.3 is 0 Å². The molecule has 1 aliphatic heterocycles. The summed E-state index contributed by atoms with van der Waals surface area (Å²) in [5, 5.41) is 6.64. The van der Waals surface area contributed by atoms with Gasteiger partial charge in [0.2, 0.25) is 15.9 Å². The molecule has 2 aliphatic rings. The number of H-pyrrole nitrogens is 1. The third-order valence-corrected chi connectivity index (χ3v) is 6.17. The molecule has 1 aliphatic carbocycles. The summed E-state index contributed by atoms with van der Waals surface area (Å²) in [4.78, 5) is 14.1. The Balaban J connectivity index is 1.61. The highest BCUT2D eigenvalue weighted by atomic mass is 32.2. The fourth-order valence-corrected chi connectivity index (χ4v) is 4.70. The fraction of sp³-hybridized carbons (Fsp3) is 0.714. The van der Waals surface area contributed by atoms with Crippen molar-refractivity contribution in [3.05, 3.63) is 11.4 Å². The van der Waals surface area contributed by atoms with Gasteiger partial charge in [-0.15, -0.1) is 0 Å². The van der Waals surface area contributed by atoms with Crippen LogP contribution >= 0.6 is 0 Å². The van der Waals surface area contributed by atoms with Crippen LogP contribution in [0.15, 0.2) is 4.90 Å².